The van der Waals surface area contributed by atoms with Gasteiger partial charge in [0.15, 0.2) is 0 Å². The zero-order chi connectivity index (χ0) is 14.0. The molecule has 1 aromatic rings. The van der Waals surface area contributed by atoms with Gasteiger partial charge in [-0.1, -0.05) is 23.7 Å². The fraction of sp³-hybridized carbons (Fsp3) is 0.462. The topological polar surface area (TPSA) is 20.3 Å². The van der Waals surface area contributed by atoms with E-state index in [1.54, 1.807) is 12.1 Å². The first-order chi connectivity index (χ1) is 8.87. The Morgan fingerprint density at radius 2 is 2.11 bits per heavy atom. The smallest absolute Gasteiger partial charge is 0.338 e. The molecule has 1 amide bonds. The van der Waals surface area contributed by atoms with Gasteiger partial charge in [-0.15, -0.1) is 0 Å². The van der Waals surface area contributed by atoms with Crippen LogP contribution in [-0.2, 0) is 17.8 Å². The van der Waals surface area contributed by atoms with Crippen LogP contribution in [0, 0.1) is 0 Å². The van der Waals surface area contributed by atoms with Crippen molar-refractivity contribution in [3.05, 3.63) is 34.3 Å². The first-order valence-corrected chi connectivity index (χ1v) is 6.35. The molecule has 2 rings (SSSR count). The molecule has 0 aliphatic carbocycles. The third kappa shape index (κ3) is 3.62. The Balaban J connectivity index is 2.00. The number of nitrogens with zero attached hydrogens (tertiary/aromatic N) is 1. The zero-order valence-corrected chi connectivity index (χ0v) is 10.9. The first-order valence-electron chi connectivity index (χ1n) is 5.97. The van der Waals surface area contributed by atoms with E-state index in [0.29, 0.717) is 24.5 Å². The van der Waals surface area contributed by atoms with Crippen molar-refractivity contribution in [3.63, 3.8) is 0 Å². The van der Waals surface area contributed by atoms with Crippen molar-refractivity contribution in [1.82, 2.24) is 4.90 Å². The van der Waals surface area contributed by atoms with E-state index < -0.39 is 24.9 Å². The van der Waals surface area contributed by atoms with Crippen LogP contribution in [0.3, 0.4) is 0 Å². The number of hydrogen-bond acceptors (Lipinski definition) is 1. The second kappa shape index (κ2) is 5.41. The molecule has 0 radical (unpaired) electrons. The number of amides is 1. The van der Waals surface area contributed by atoms with E-state index in [-0.39, 0.29) is 0 Å². The summed E-state index contributed by atoms with van der Waals surface area (Å²) in [7, 11) is 0. The normalized spacial score (nSPS) is 15.3. The van der Waals surface area contributed by atoms with Crippen LogP contribution in [0.25, 0.3) is 0 Å². The summed E-state index contributed by atoms with van der Waals surface area (Å²) in [4.78, 5) is 13.2. The van der Waals surface area contributed by atoms with Crippen LogP contribution in [0.1, 0.15) is 24.0 Å². The molecule has 1 aliphatic heterocycles. The van der Waals surface area contributed by atoms with Gasteiger partial charge in [-0.2, -0.15) is 13.2 Å². The fourth-order valence-corrected chi connectivity index (χ4v) is 2.47. The first kappa shape index (κ1) is 14.2. The third-order valence-electron chi connectivity index (χ3n) is 3.18. The average Bonchev–Trinajstić information content (AvgIpc) is 2.35. The van der Waals surface area contributed by atoms with Crippen molar-refractivity contribution >= 4 is 17.5 Å². The summed E-state index contributed by atoms with van der Waals surface area (Å²) in [5.41, 5.74) is 1.91. The largest absolute Gasteiger partial charge is 0.389 e. The Labute approximate surface area is 114 Å². The predicted octanol–water partition coefficient (Wildman–Crippen LogP) is 3.57. The lowest BCUT2D eigenvalue weighted by atomic mass is 9.99. The second-order valence-corrected chi connectivity index (χ2v) is 4.97. The molecule has 1 aliphatic rings. The molecule has 0 N–H and O–H groups in total. The van der Waals surface area contributed by atoms with Gasteiger partial charge in [-0.05, 0) is 23.6 Å². The van der Waals surface area contributed by atoms with Gasteiger partial charge in [-0.25, -0.2) is 0 Å². The summed E-state index contributed by atoms with van der Waals surface area (Å²) in [6.45, 7) is 0.764. The van der Waals surface area contributed by atoms with E-state index in [2.05, 4.69) is 0 Å². The fourth-order valence-electron chi connectivity index (χ4n) is 2.18. The SMILES string of the molecule is O=C(CCC(F)(F)F)N1CCc2c(Cl)cccc2C1. The lowest BCUT2D eigenvalue weighted by Crippen LogP contribution is -2.36. The highest BCUT2D eigenvalue weighted by atomic mass is 35.5. The van der Waals surface area contributed by atoms with E-state index in [0.717, 1.165) is 11.1 Å². The highest BCUT2D eigenvalue weighted by Gasteiger charge is 2.30. The van der Waals surface area contributed by atoms with Crippen LogP contribution >= 0.6 is 11.6 Å². The van der Waals surface area contributed by atoms with E-state index >= 15 is 0 Å². The zero-order valence-electron chi connectivity index (χ0n) is 10.1. The molecule has 6 heteroatoms. The van der Waals surface area contributed by atoms with Crippen molar-refractivity contribution in [1.29, 1.82) is 0 Å². The third-order valence-corrected chi connectivity index (χ3v) is 3.54. The van der Waals surface area contributed by atoms with Gasteiger partial charge in [0.05, 0.1) is 6.42 Å². The molecule has 0 spiro atoms. The van der Waals surface area contributed by atoms with Crippen molar-refractivity contribution < 1.29 is 18.0 Å². The van der Waals surface area contributed by atoms with Crippen molar-refractivity contribution in [2.75, 3.05) is 6.54 Å². The monoisotopic (exact) mass is 291 g/mol. The van der Waals surface area contributed by atoms with Crippen LogP contribution in [-0.4, -0.2) is 23.5 Å². The second-order valence-electron chi connectivity index (χ2n) is 4.56. The molecule has 2 nitrogen and oxygen atoms in total. The van der Waals surface area contributed by atoms with E-state index in [9.17, 15) is 18.0 Å². The summed E-state index contributed by atoms with van der Waals surface area (Å²) < 4.78 is 36.3. The molecule has 0 saturated heterocycles. The Bertz CT molecular complexity index is 487. The van der Waals surface area contributed by atoms with Gasteiger partial charge in [0.1, 0.15) is 0 Å². The summed E-state index contributed by atoms with van der Waals surface area (Å²) in [5, 5.41) is 0.653. The summed E-state index contributed by atoms with van der Waals surface area (Å²) in [6.07, 6.45) is -5.25. The van der Waals surface area contributed by atoms with Gasteiger partial charge in [0.2, 0.25) is 5.91 Å². The minimum Gasteiger partial charge on any atom is -0.338 e. The Morgan fingerprint density at radius 3 is 2.79 bits per heavy atom. The summed E-state index contributed by atoms with van der Waals surface area (Å²) >= 11 is 6.04. The Hall–Kier alpha value is -1.23. The Kier molecular flexibility index (Phi) is 4.04. The molecular weight excluding hydrogens is 279 g/mol. The quantitative estimate of drug-likeness (QED) is 0.816. The molecule has 0 bridgehead atoms. The van der Waals surface area contributed by atoms with Crippen LogP contribution in [0.15, 0.2) is 18.2 Å². The van der Waals surface area contributed by atoms with E-state index in [1.165, 1.54) is 4.90 Å². The lowest BCUT2D eigenvalue weighted by Gasteiger charge is -2.29. The number of carbonyl (C=O) groups excluding carboxylic acids is 1. The molecule has 0 fully saturated rings. The van der Waals surface area contributed by atoms with Crippen LogP contribution < -0.4 is 0 Å². The van der Waals surface area contributed by atoms with Gasteiger partial charge < -0.3 is 4.90 Å². The predicted molar refractivity (Wildman–Crippen MR) is 65.9 cm³/mol. The van der Waals surface area contributed by atoms with Crippen LogP contribution in [0.4, 0.5) is 13.2 Å². The minimum atomic E-state index is -4.29. The van der Waals surface area contributed by atoms with E-state index in [4.69, 9.17) is 11.6 Å². The number of alkyl halides is 3. The maximum absolute atomic E-state index is 12.1. The average molecular weight is 292 g/mol. The van der Waals surface area contributed by atoms with Crippen LogP contribution in [0.5, 0.6) is 0 Å². The van der Waals surface area contributed by atoms with Gasteiger partial charge >= 0.3 is 6.18 Å². The van der Waals surface area contributed by atoms with Crippen molar-refractivity contribution in [3.8, 4) is 0 Å². The van der Waals surface area contributed by atoms with E-state index in [1.807, 2.05) is 6.07 Å². The summed E-state index contributed by atoms with van der Waals surface area (Å²) in [5.74, 6) is -0.456. The molecule has 0 saturated carbocycles. The van der Waals surface area contributed by atoms with Gasteiger partial charge in [0.25, 0.3) is 0 Å². The van der Waals surface area contributed by atoms with Crippen molar-refractivity contribution in [2.24, 2.45) is 0 Å². The van der Waals surface area contributed by atoms with Crippen LogP contribution in [0.2, 0.25) is 5.02 Å². The highest BCUT2D eigenvalue weighted by molar-refractivity contribution is 6.31. The number of carbonyl (C=O) groups is 1. The molecule has 0 unspecified atom stereocenters. The maximum atomic E-state index is 12.1. The van der Waals surface area contributed by atoms with Gasteiger partial charge in [-0.3, -0.25) is 4.79 Å². The standard InChI is InChI=1S/C13H13ClF3NO/c14-11-3-1-2-9-8-18(7-5-10(9)11)12(19)4-6-13(15,16)17/h1-3H,4-8H2. The number of hydrogen-bond donors (Lipinski definition) is 0. The highest BCUT2D eigenvalue weighted by Crippen LogP contribution is 2.27. The molecular formula is C13H13ClF3NO. The number of fused-ring (bicyclic) bond motifs is 1. The number of benzene rings is 1. The van der Waals surface area contributed by atoms with Gasteiger partial charge in [0, 0.05) is 24.5 Å². The molecule has 1 aromatic carbocycles. The van der Waals surface area contributed by atoms with Crippen molar-refractivity contribution in [2.45, 2.75) is 32.0 Å². The molecule has 0 atom stereocenters. The molecule has 1 heterocycles. The molecule has 104 valence electrons. The number of halogens is 4. The Morgan fingerprint density at radius 1 is 1.37 bits per heavy atom. The molecule has 0 aromatic heterocycles. The minimum absolute atomic E-state index is 0.340. The number of rotatable bonds is 2. The summed E-state index contributed by atoms with van der Waals surface area (Å²) in [6, 6.07) is 5.41. The maximum Gasteiger partial charge on any atom is 0.389 e. The molecule has 19 heavy (non-hydrogen) atoms. The lowest BCUT2D eigenvalue weighted by molar-refractivity contribution is -0.149.